The summed E-state index contributed by atoms with van der Waals surface area (Å²) in [5, 5.41) is 3.25. The number of hydrogen-bond donors (Lipinski definition) is 1. The average Bonchev–Trinajstić information content (AvgIpc) is 2.47. The van der Waals surface area contributed by atoms with Gasteiger partial charge < -0.3 is 10.1 Å². The van der Waals surface area contributed by atoms with E-state index in [2.05, 4.69) is 10.2 Å². The summed E-state index contributed by atoms with van der Waals surface area (Å²) in [5.74, 6) is 0.721. The van der Waals surface area contributed by atoms with Crippen molar-refractivity contribution in [2.24, 2.45) is 0 Å². The van der Waals surface area contributed by atoms with Crippen molar-refractivity contribution in [3.05, 3.63) is 29.8 Å². The Bertz CT molecular complexity index is 409. The van der Waals surface area contributed by atoms with E-state index in [-0.39, 0.29) is 12.5 Å². The Morgan fingerprint density at radius 1 is 1.25 bits per heavy atom. The zero-order valence-corrected chi connectivity index (χ0v) is 11.8. The normalized spacial score (nSPS) is 18.2. The minimum atomic E-state index is -2.32. The molecule has 0 unspecified atom stereocenters. The molecule has 1 saturated heterocycles. The lowest BCUT2D eigenvalue weighted by molar-refractivity contribution is 0.0727. The summed E-state index contributed by atoms with van der Waals surface area (Å²) in [6, 6.07) is 7.25. The molecule has 0 radical (unpaired) electrons. The Morgan fingerprint density at radius 3 is 2.60 bits per heavy atom. The highest BCUT2D eigenvalue weighted by Gasteiger charge is 2.27. The molecule has 1 aliphatic rings. The number of halogens is 2. The Kier molecular flexibility index (Phi) is 5.73. The molecule has 0 aliphatic carbocycles. The van der Waals surface area contributed by atoms with E-state index < -0.39 is 6.43 Å². The van der Waals surface area contributed by atoms with Gasteiger partial charge in [0.2, 0.25) is 6.43 Å². The molecule has 0 bridgehead atoms. The number of benzene rings is 1. The zero-order valence-electron chi connectivity index (χ0n) is 11.8. The molecule has 3 nitrogen and oxygen atoms in total. The van der Waals surface area contributed by atoms with Gasteiger partial charge in [0, 0.05) is 44.2 Å². The van der Waals surface area contributed by atoms with Crippen molar-refractivity contribution in [2.45, 2.75) is 25.8 Å². The molecular formula is C15H22F2N2O. The van der Waals surface area contributed by atoms with Crippen LogP contribution in [0, 0.1) is 0 Å². The Balaban J connectivity index is 2.24. The largest absolute Gasteiger partial charge is 0.494 e. The Hall–Kier alpha value is -1.20. The van der Waals surface area contributed by atoms with Gasteiger partial charge in [-0.25, -0.2) is 8.78 Å². The second-order valence-electron chi connectivity index (χ2n) is 4.90. The summed E-state index contributed by atoms with van der Waals surface area (Å²) in [5.41, 5.74) is 0.872. The lowest BCUT2D eigenvalue weighted by atomic mass is 10.00. The predicted molar refractivity (Wildman–Crippen MR) is 75.4 cm³/mol. The molecule has 0 aromatic heterocycles. The molecule has 1 fully saturated rings. The number of ether oxygens (including phenoxy) is 1. The van der Waals surface area contributed by atoms with Crippen LogP contribution in [0.25, 0.3) is 0 Å². The maximum absolute atomic E-state index is 13.0. The molecular weight excluding hydrogens is 262 g/mol. The van der Waals surface area contributed by atoms with Crippen LogP contribution in [0.4, 0.5) is 8.78 Å². The number of nitrogens with one attached hydrogen (secondary N) is 1. The maximum Gasteiger partial charge on any atom is 0.240 e. The topological polar surface area (TPSA) is 24.5 Å². The van der Waals surface area contributed by atoms with Gasteiger partial charge in [-0.1, -0.05) is 18.2 Å². The number of alkyl halides is 2. The van der Waals surface area contributed by atoms with E-state index in [1.807, 2.05) is 31.2 Å². The van der Waals surface area contributed by atoms with Crippen LogP contribution in [0.1, 0.15) is 24.9 Å². The van der Waals surface area contributed by atoms with Crippen molar-refractivity contribution in [1.29, 1.82) is 0 Å². The molecule has 1 N–H and O–H groups in total. The van der Waals surface area contributed by atoms with E-state index >= 15 is 0 Å². The van der Waals surface area contributed by atoms with Crippen LogP contribution in [0.15, 0.2) is 24.3 Å². The number of rotatable bonds is 6. The second-order valence-corrected chi connectivity index (χ2v) is 4.90. The molecule has 0 spiro atoms. The summed E-state index contributed by atoms with van der Waals surface area (Å²) in [7, 11) is 0. The van der Waals surface area contributed by atoms with Gasteiger partial charge in [0.05, 0.1) is 6.61 Å². The number of para-hydroxylation sites is 1. The molecule has 0 amide bonds. The Morgan fingerprint density at radius 2 is 1.95 bits per heavy atom. The lowest BCUT2D eigenvalue weighted by Crippen LogP contribution is -2.45. The van der Waals surface area contributed by atoms with Crippen molar-refractivity contribution in [3.63, 3.8) is 0 Å². The Labute approximate surface area is 118 Å². The quantitative estimate of drug-likeness (QED) is 0.869. The van der Waals surface area contributed by atoms with Gasteiger partial charge >= 0.3 is 0 Å². The molecule has 0 saturated carbocycles. The lowest BCUT2D eigenvalue weighted by Gasteiger charge is -2.35. The van der Waals surface area contributed by atoms with Crippen LogP contribution < -0.4 is 10.1 Å². The molecule has 1 aromatic rings. The van der Waals surface area contributed by atoms with Crippen LogP contribution in [0.5, 0.6) is 5.75 Å². The van der Waals surface area contributed by atoms with E-state index in [0.29, 0.717) is 6.61 Å². The first-order valence-electron chi connectivity index (χ1n) is 7.17. The van der Waals surface area contributed by atoms with Crippen LogP contribution in [-0.4, -0.2) is 44.1 Å². The molecule has 2 rings (SSSR count). The van der Waals surface area contributed by atoms with Gasteiger partial charge in [0.25, 0.3) is 0 Å². The first kappa shape index (κ1) is 15.2. The summed E-state index contributed by atoms with van der Waals surface area (Å²) >= 11 is 0. The monoisotopic (exact) mass is 284 g/mol. The highest BCUT2D eigenvalue weighted by atomic mass is 19.3. The van der Waals surface area contributed by atoms with Crippen molar-refractivity contribution < 1.29 is 13.5 Å². The SMILES string of the molecule is CCOc1ccccc1[C@H](CC(F)F)N1CCNCC1. The van der Waals surface area contributed by atoms with Crippen molar-refractivity contribution >= 4 is 0 Å². The van der Waals surface area contributed by atoms with Crippen LogP contribution in [0.3, 0.4) is 0 Å². The van der Waals surface area contributed by atoms with Crippen molar-refractivity contribution in [3.8, 4) is 5.75 Å². The first-order chi connectivity index (χ1) is 9.72. The minimum Gasteiger partial charge on any atom is -0.494 e. The van der Waals surface area contributed by atoms with Gasteiger partial charge in [-0.15, -0.1) is 0 Å². The molecule has 1 heterocycles. The van der Waals surface area contributed by atoms with E-state index in [9.17, 15) is 8.78 Å². The van der Waals surface area contributed by atoms with Crippen molar-refractivity contribution in [1.82, 2.24) is 10.2 Å². The standard InChI is InChI=1S/C15H22F2N2O/c1-2-20-14-6-4-3-5-12(14)13(11-15(16)17)19-9-7-18-8-10-19/h3-6,13,15,18H,2,7-11H2,1H3/t13-/m0/s1. The molecule has 1 aromatic carbocycles. The van der Waals surface area contributed by atoms with Gasteiger partial charge in [0.15, 0.2) is 0 Å². The van der Waals surface area contributed by atoms with Gasteiger partial charge in [-0.05, 0) is 13.0 Å². The molecule has 112 valence electrons. The number of hydrogen-bond acceptors (Lipinski definition) is 3. The first-order valence-corrected chi connectivity index (χ1v) is 7.17. The third-order valence-corrected chi connectivity index (χ3v) is 3.57. The third kappa shape index (κ3) is 3.90. The second kappa shape index (κ2) is 7.55. The maximum atomic E-state index is 13.0. The van der Waals surface area contributed by atoms with Crippen LogP contribution in [0.2, 0.25) is 0 Å². The van der Waals surface area contributed by atoms with Gasteiger partial charge in [-0.2, -0.15) is 0 Å². The number of nitrogens with zero attached hydrogens (tertiary/aromatic N) is 1. The highest BCUT2D eigenvalue weighted by Crippen LogP contribution is 2.33. The average molecular weight is 284 g/mol. The van der Waals surface area contributed by atoms with E-state index in [1.165, 1.54) is 0 Å². The fourth-order valence-corrected chi connectivity index (χ4v) is 2.68. The van der Waals surface area contributed by atoms with Gasteiger partial charge in [0.1, 0.15) is 5.75 Å². The molecule has 20 heavy (non-hydrogen) atoms. The van der Waals surface area contributed by atoms with Crippen LogP contribution in [-0.2, 0) is 0 Å². The summed E-state index contributed by atoms with van der Waals surface area (Å²) < 4.78 is 31.5. The van der Waals surface area contributed by atoms with Gasteiger partial charge in [-0.3, -0.25) is 4.90 Å². The fourth-order valence-electron chi connectivity index (χ4n) is 2.68. The minimum absolute atomic E-state index is 0.149. The zero-order chi connectivity index (χ0) is 14.4. The van der Waals surface area contributed by atoms with Crippen LogP contribution >= 0.6 is 0 Å². The fraction of sp³-hybridized carbons (Fsp3) is 0.600. The predicted octanol–water partition coefficient (Wildman–Crippen LogP) is 2.69. The molecule has 1 atom stereocenters. The smallest absolute Gasteiger partial charge is 0.240 e. The highest BCUT2D eigenvalue weighted by molar-refractivity contribution is 5.36. The van der Waals surface area contributed by atoms with Crippen molar-refractivity contribution in [2.75, 3.05) is 32.8 Å². The van der Waals surface area contributed by atoms with E-state index in [1.54, 1.807) is 0 Å². The third-order valence-electron chi connectivity index (χ3n) is 3.57. The summed E-state index contributed by atoms with van der Waals surface area (Å²) in [4.78, 5) is 2.13. The summed E-state index contributed by atoms with van der Waals surface area (Å²) in [6.07, 6.45) is -2.46. The van der Waals surface area contributed by atoms with E-state index in [4.69, 9.17) is 4.74 Å². The van der Waals surface area contributed by atoms with E-state index in [0.717, 1.165) is 37.5 Å². The number of piperazine rings is 1. The molecule has 5 heteroatoms. The summed E-state index contributed by atoms with van der Waals surface area (Å²) in [6.45, 7) is 5.71. The molecule has 1 aliphatic heterocycles.